The molecule has 2 heterocycles. The summed E-state index contributed by atoms with van der Waals surface area (Å²) in [7, 11) is 0. The van der Waals surface area contributed by atoms with E-state index in [4.69, 9.17) is 0 Å². The third kappa shape index (κ3) is 3.77. The molecule has 2 aliphatic rings. The molecule has 5 heteroatoms. The van der Waals surface area contributed by atoms with Crippen LogP contribution in [0.2, 0.25) is 0 Å². The summed E-state index contributed by atoms with van der Waals surface area (Å²) in [6, 6.07) is 7.18. The Morgan fingerprint density at radius 3 is 2.95 bits per heavy atom. The van der Waals surface area contributed by atoms with Crippen LogP contribution in [-0.2, 0) is 11.3 Å². The van der Waals surface area contributed by atoms with Crippen LogP contribution < -0.4 is 0 Å². The molecule has 2 aliphatic heterocycles. The van der Waals surface area contributed by atoms with Crippen LogP contribution in [0.25, 0.3) is 0 Å². The fourth-order valence-electron chi connectivity index (χ4n) is 3.08. The second-order valence-corrected chi connectivity index (χ2v) is 6.90. The number of nitrogens with zero attached hydrogens (tertiary/aromatic N) is 2. The van der Waals surface area contributed by atoms with Crippen LogP contribution in [0.1, 0.15) is 18.4 Å². The predicted molar refractivity (Wildman–Crippen MR) is 83.7 cm³/mol. The van der Waals surface area contributed by atoms with E-state index in [1.54, 1.807) is 6.07 Å². The minimum atomic E-state index is -0.237. The van der Waals surface area contributed by atoms with E-state index in [1.165, 1.54) is 30.1 Å². The average Bonchev–Trinajstić information content (AvgIpc) is 2.94. The fraction of sp³-hybridized carbons (Fsp3) is 0.562. The van der Waals surface area contributed by atoms with E-state index in [0.29, 0.717) is 19.0 Å². The Bertz CT molecular complexity index is 505. The standard InChI is InChI=1S/C16H21FN2OS/c17-14-3-1-2-13(10-14)11-19-8-7-18(6-4-16(19)20)15-5-9-21-12-15/h1-3,10,15H,4-9,11-12H2/t15-/m0/s1. The fourth-order valence-corrected chi connectivity index (χ4v) is 4.34. The Labute approximate surface area is 129 Å². The van der Waals surface area contributed by atoms with Gasteiger partial charge in [0.05, 0.1) is 0 Å². The van der Waals surface area contributed by atoms with Crippen LogP contribution in [-0.4, -0.2) is 52.9 Å². The van der Waals surface area contributed by atoms with Gasteiger partial charge in [0.2, 0.25) is 5.91 Å². The lowest BCUT2D eigenvalue weighted by Crippen LogP contribution is -2.38. The van der Waals surface area contributed by atoms with Crippen molar-refractivity contribution in [3.8, 4) is 0 Å². The molecule has 0 unspecified atom stereocenters. The molecule has 114 valence electrons. The number of carbonyl (C=O) groups excluding carboxylic acids is 1. The maximum Gasteiger partial charge on any atom is 0.224 e. The molecule has 21 heavy (non-hydrogen) atoms. The number of rotatable bonds is 3. The third-order valence-electron chi connectivity index (χ3n) is 4.31. The number of thioether (sulfide) groups is 1. The first-order valence-electron chi connectivity index (χ1n) is 7.56. The van der Waals surface area contributed by atoms with Crippen molar-refractivity contribution in [2.75, 3.05) is 31.1 Å². The van der Waals surface area contributed by atoms with Gasteiger partial charge in [-0.05, 0) is 29.9 Å². The first-order chi connectivity index (χ1) is 10.2. The Morgan fingerprint density at radius 2 is 2.19 bits per heavy atom. The van der Waals surface area contributed by atoms with E-state index in [-0.39, 0.29) is 11.7 Å². The molecule has 0 aliphatic carbocycles. The van der Waals surface area contributed by atoms with Crippen molar-refractivity contribution in [3.05, 3.63) is 35.6 Å². The second-order valence-electron chi connectivity index (χ2n) is 5.75. The van der Waals surface area contributed by atoms with Crippen LogP contribution >= 0.6 is 11.8 Å². The summed E-state index contributed by atoms with van der Waals surface area (Å²) in [6.07, 6.45) is 1.82. The first-order valence-corrected chi connectivity index (χ1v) is 8.72. The summed E-state index contributed by atoms with van der Waals surface area (Å²) in [5, 5.41) is 0. The minimum Gasteiger partial charge on any atom is -0.337 e. The summed E-state index contributed by atoms with van der Waals surface area (Å²) < 4.78 is 13.3. The highest BCUT2D eigenvalue weighted by atomic mass is 32.2. The molecule has 0 spiro atoms. The van der Waals surface area contributed by atoms with E-state index in [2.05, 4.69) is 4.90 Å². The Morgan fingerprint density at radius 1 is 1.29 bits per heavy atom. The van der Waals surface area contributed by atoms with Gasteiger partial charge in [-0.3, -0.25) is 9.69 Å². The Hall–Kier alpha value is -1.07. The quantitative estimate of drug-likeness (QED) is 0.856. The number of carbonyl (C=O) groups is 1. The van der Waals surface area contributed by atoms with Crippen LogP contribution in [0.5, 0.6) is 0 Å². The minimum absolute atomic E-state index is 0.187. The van der Waals surface area contributed by atoms with Gasteiger partial charge in [-0.1, -0.05) is 12.1 Å². The van der Waals surface area contributed by atoms with E-state index in [9.17, 15) is 9.18 Å². The van der Waals surface area contributed by atoms with Crippen LogP contribution in [0.15, 0.2) is 24.3 Å². The monoisotopic (exact) mass is 308 g/mol. The zero-order valence-corrected chi connectivity index (χ0v) is 12.9. The summed E-state index contributed by atoms with van der Waals surface area (Å²) >= 11 is 2.01. The zero-order chi connectivity index (χ0) is 14.7. The van der Waals surface area contributed by atoms with Crippen molar-refractivity contribution in [1.82, 2.24) is 9.80 Å². The van der Waals surface area contributed by atoms with E-state index < -0.39 is 0 Å². The Balaban J connectivity index is 1.62. The molecule has 3 nitrogen and oxygen atoms in total. The largest absolute Gasteiger partial charge is 0.337 e. The van der Waals surface area contributed by atoms with Crippen molar-refractivity contribution in [3.63, 3.8) is 0 Å². The van der Waals surface area contributed by atoms with E-state index >= 15 is 0 Å². The molecule has 0 N–H and O–H groups in total. The van der Waals surface area contributed by atoms with E-state index in [1.807, 2.05) is 22.7 Å². The van der Waals surface area contributed by atoms with Gasteiger partial charge in [-0.2, -0.15) is 11.8 Å². The van der Waals surface area contributed by atoms with Crippen molar-refractivity contribution in [2.45, 2.75) is 25.4 Å². The van der Waals surface area contributed by atoms with Gasteiger partial charge in [-0.25, -0.2) is 4.39 Å². The van der Waals surface area contributed by atoms with Gasteiger partial charge in [0.15, 0.2) is 0 Å². The SMILES string of the molecule is O=C1CCN([C@H]2CCSC2)CCN1Cc1cccc(F)c1. The van der Waals surface area contributed by atoms with Crippen molar-refractivity contribution in [2.24, 2.45) is 0 Å². The topological polar surface area (TPSA) is 23.6 Å². The second kappa shape index (κ2) is 6.79. The number of hydrogen-bond donors (Lipinski definition) is 0. The predicted octanol–water partition coefficient (Wildman–Crippen LogP) is 2.37. The van der Waals surface area contributed by atoms with Crippen molar-refractivity contribution >= 4 is 17.7 Å². The molecule has 1 aromatic rings. The molecule has 1 aromatic carbocycles. The zero-order valence-electron chi connectivity index (χ0n) is 12.1. The highest BCUT2D eigenvalue weighted by molar-refractivity contribution is 7.99. The van der Waals surface area contributed by atoms with Gasteiger partial charge >= 0.3 is 0 Å². The molecule has 2 saturated heterocycles. The highest BCUT2D eigenvalue weighted by Gasteiger charge is 2.27. The molecular formula is C16H21FN2OS. The number of amides is 1. The highest BCUT2D eigenvalue weighted by Crippen LogP contribution is 2.23. The summed E-state index contributed by atoms with van der Waals surface area (Å²) in [6.45, 7) is 3.07. The molecule has 0 aromatic heterocycles. The number of halogens is 1. The van der Waals surface area contributed by atoms with Crippen LogP contribution in [0.3, 0.4) is 0 Å². The van der Waals surface area contributed by atoms with Crippen LogP contribution in [0.4, 0.5) is 4.39 Å². The lowest BCUT2D eigenvalue weighted by Gasteiger charge is -2.26. The van der Waals surface area contributed by atoms with Gasteiger partial charge < -0.3 is 4.90 Å². The molecular weight excluding hydrogens is 287 g/mol. The van der Waals surface area contributed by atoms with Crippen molar-refractivity contribution in [1.29, 1.82) is 0 Å². The average molecular weight is 308 g/mol. The Kier molecular flexibility index (Phi) is 4.80. The van der Waals surface area contributed by atoms with Gasteiger partial charge in [-0.15, -0.1) is 0 Å². The molecule has 0 bridgehead atoms. The lowest BCUT2D eigenvalue weighted by atomic mass is 10.2. The molecule has 0 radical (unpaired) electrons. The summed E-state index contributed by atoms with van der Waals surface area (Å²) in [5.74, 6) is 2.38. The lowest BCUT2D eigenvalue weighted by molar-refractivity contribution is -0.130. The van der Waals surface area contributed by atoms with Gasteiger partial charge in [0.1, 0.15) is 5.82 Å². The molecule has 0 saturated carbocycles. The van der Waals surface area contributed by atoms with Crippen molar-refractivity contribution < 1.29 is 9.18 Å². The molecule has 1 atom stereocenters. The molecule has 2 fully saturated rings. The smallest absolute Gasteiger partial charge is 0.224 e. The number of benzene rings is 1. The van der Waals surface area contributed by atoms with E-state index in [0.717, 1.165) is 25.2 Å². The maximum atomic E-state index is 13.3. The molecule has 3 rings (SSSR count). The number of hydrogen-bond acceptors (Lipinski definition) is 3. The summed E-state index contributed by atoms with van der Waals surface area (Å²) in [4.78, 5) is 16.6. The van der Waals surface area contributed by atoms with Gasteiger partial charge in [0.25, 0.3) is 0 Å². The molecule has 1 amide bonds. The summed E-state index contributed by atoms with van der Waals surface area (Å²) in [5.41, 5.74) is 0.869. The van der Waals surface area contributed by atoms with Crippen LogP contribution in [0, 0.1) is 5.82 Å². The third-order valence-corrected chi connectivity index (χ3v) is 5.45. The van der Waals surface area contributed by atoms with Gasteiger partial charge in [0, 0.05) is 44.4 Å². The maximum absolute atomic E-state index is 13.3. The first kappa shape index (κ1) is 14.9. The normalized spacial score (nSPS) is 24.3.